The van der Waals surface area contributed by atoms with Gasteiger partial charge in [0.2, 0.25) is 0 Å². The number of benzene rings is 1. The highest BCUT2D eigenvalue weighted by Crippen LogP contribution is 2.21. The van der Waals surface area contributed by atoms with Crippen LogP contribution in [0.15, 0.2) is 48.8 Å². The van der Waals surface area contributed by atoms with E-state index in [1.807, 2.05) is 30.9 Å². The molecular weight excluding hydrogens is 354 g/mol. The molecule has 0 bridgehead atoms. The van der Waals surface area contributed by atoms with Crippen LogP contribution >= 0.6 is 0 Å². The lowest BCUT2D eigenvalue weighted by Gasteiger charge is -2.32. The van der Waals surface area contributed by atoms with Crippen molar-refractivity contribution >= 4 is 11.8 Å². The first-order valence-electron chi connectivity index (χ1n) is 9.83. The number of hydrogen-bond donors (Lipinski definition) is 1. The molecule has 0 saturated carbocycles. The lowest BCUT2D eigenvalue weighted by molar-refractivity contribution is 0.0595. The Balaban J connectivity index is 1.49. The maximum absolute atomic E-state index is 12.5. The first-order chi connectivity index (χ1) is 13.6. The van der Waals surface area contributed by atoms with Crippen molar-refractivity contribution in [2.45, 2.75) is 45.3 Å². The number of aromatic nitrogens is 1. The summed E-state index contributed by atoms with van der Waals surface area (Å²) in [5.74, 6) is 0.698. The van der Waals surface area contributed by atoms with Gasteiger partial charge in [0.1, 0.15) is 11.9 Å². The summed E-state index contributed by atoms with van der Waals surface area (Å²) < 4.78 is 6.04. The highest BCUT2D eigenvalue weighted by molar-refractivity contribution is 5.94. The number of amides is 2. The van der Waals surface area contributed by atoms with E-state index in [4.69, 9.17) is 4.74 Å². The SMILES string of the molecule is CCC(C)NC(=O)c1ccc(OC2CCN(C(=O)c3cccnc3)CC2)cc1. The van der Waals surface area contributed by atoms with Crippen molar-refractivity contribution in [3.05, 3.63) is 59.9 Å². The van der Waals surface area contributed by atoms with Gasteiger partial charge in [0.15, 0.2) is 0 Å². The Morgan fingerprint density at radius 1 is 1.18 bits per heavy atom. The fraction of sp³-hybridized carbons (Fsp3) is 0.409. The Morgan fingerprint density at radius 2 is 1.89 bits per heavy atom. The fourth-order valence-corrected chi connectivity index (χ4v) is 3.14. The summed E-state index contributed by atoms with van der Waals surface area (Å²) in [6.45, 7) is 5.35. The van der Waals surface area contributed by atoms with Crippen molar-refractivity contribution in [3.63, 3.8) is 0 Å². The second kappa shape index (κ2) is 9.35. The van der Waals surface area contributed by atoms with Gasteiger partial charge in [-0.3, -0.25) is 14.6 Å². The molecule has 1 aromatic heterocycles. The fourth-order valence-electron chi connectivity index (χ4n) is 3.14. The van der Waals surface area contributed by atoms with Crippen LogP contribution < -0.4 is 10.1 Å². The van der Waals surface area contributed by atoms with E-state index in [-0.39, 0.29) is 24.0 Å². The van der Waals surface area contributed by atoms with Crippen molar-refractivity contribution in [3.8, 4) is 5.75 Å². The molecular formula is C22H27N3O3. The molecule has 1 aromatic carbocycles. The minimum absolute atomic E-state index is 0.0169. The van der Waals surface area contributed by atoms with Crippen LogP contribution in [0.3, 0.4) is 0 Å². The number of ether oxygens (including phenoxy) is 1. The van der Waals surface area contributed by atoms with Crippen LogP contribution in [0.1, 0.15) is 53.8 Å². The van der Waals surface area contributed by atoms with Crippen LogP contribution in [0.4, 0.5) is 0 Å². The third-order valence-corrected chi connectivity index (χ3v) is 5.05. The van der Waals surface area contributed by atoms with Crippen molar-refractivity contribution in [2.75, 3.05) is 13.1 Å². The van der Waals surface area contributed by atoms with Crippen molar-refractivity contribution in [1.29, 1.82) is 0 Å². The first-order valence-corrected chi connectivity index (χ1v) is 9.83. The zero-order valence-electron chi connectivity index (χ0n) is 16.4. The second-order valence-corrected chi connectivity index (χ2v) is 7.16. The molecule has 28 heavy (non-hydrogen) atoms. The summed E-state index contributed by atoms with van der Waals surface area (Å²) in [6, 6.07) is 11.0. The third kappa shape index (κ3) is 5.09. The van der Waals surface area contributed by atoms with Gasteiger partial charge in [-0.2, -0.15) is 0 Å². The molecule has 1 N–H and O–H groups in total. The molecule has 0 spiro atoms. The van der Waals surface area contributed by atoms with E-state index in [0.29, 0.717) is 24.2 Å². The van der Waals surface area contributed by atoms with Gasteiger partial charge >= 0.3 is 0 Å². The smallest absolute Gasteiger partial charge is 0.255 e. The molecule has 6 heteroatoms. The molecule has 148 valence electrons. The zero-order valence-corrected chi connectivity index (χ0v) is 16.4. The standard InChI is InChI=1S/C22H27N3O3/c1-3-16(2)24-21(26)17-6-8-19(9-7-17)28-20-10-13-25(14-11-20)22(27)18-5-4-12-23-15-18/h4-9,12,15-16,20H,3,10-11,13-14H2,1-2H3,(H,24,26). The number of nitrogens with zero attached hydrogens (tertiary/aromatic N) is 2. The number of rotatable bonds is 6. The highest BCUT2D eigenvalue weighted by Gasteiger charge is 2.24. The topological polar surface area (TPSA) is 71.5 Å². The summed E-state index contributed by atoms with van der Waals surface area (Å²) in [5.41, 5.74) is 1.25. The Bertz CT molecular complexity index is 784. The van der Waals surface area contributed by atoms with Crippen LogP contribution in [-0.4, -0.2) is 46.9 Å². The molecule has 6 nitrogen and oxygen atoms in total. The minimum Gasteiger partial charge on any atom is -0.490 e. The second-order valence-electron chi connectivity index (χ2n) is 7.16. The number of pyridine rings is 1. The predicted octanol–water partition coefficient (Wildman–Crippen LogP) is 3.29. The molecule has 3 rings (SSSR count). The van der Waals surface area contributed by atoms with Crippen LogP contribution in [0.25, 0.3) is 0 Å². The Labute approximate surface area is 165 Å². The molecule has 0 aliphatic carbocycles. The lowest BCUT2D eigenvalue weighted by Crippen LogP contribution is -2.41. The van der Waals surface area contributed by atoms with E-state index in [2.05, 4.69) is 10.3 Å². The number of carbonyl (C=O) groups excluding carboxylic acids is 2. The molecule has 2 heterocycles. The van der Waals surface area contributed by atoms with E-state index < -0.39 is 0 Å². The molecule has 1 aliphatic heterocycles. The molecule has 1 unspecified atom stereocenters. The number of hydrogen-bond acceptors (Lipinski definition) is 4. The molecule has 1 aliphatic rings. The van der Waals surface area contributed by atoms with Crippen molar-refractivity contribution in [1.82, 2.24) is 15.2 Å². The first kappa shape index (κ1) is 19.9. The number of likely N-dealkylation sites (tertiary alicyclic amines) is 1. The molecule has 1 fully saturated rings. The van der Waals surface area contributed by atoms with E-state index in [1.54, 1.807) is 36.7 Å². The van der Waals surface area contributed by atoms with E-state index >= 15 is 0 Å². The molecule has 2 amide bonds. The number of piperidine rings is 1. The van der Waals surface area contributed by atoms with Gasteiger partial charge in [-0.15, -0.1) is 0 Å². The lowest BCUT2D eigenvalue weighted by atomic mass is 10.1. The summed E-state index contributed by atoms with van der Waals surface area (Å²) >= 11 is 0. The van der Waals surface area contributed by atoms with Gasteiger partial charge in [0.05, 0.1) is 5.56 Å². The highest BCUT2D eigenvalue weighted by atomic mass is 16.5. The van der Waals surface area contributed by atoms with Crippen molar-refractivity contribution in [2.24, 2.45) is 0 Å². The van der Waals surface area contributed by atoms with Crippen molar-refractivity contribution < 1.29 is 14.3 Å². The predicted molar refractivity (Wildman–Crippen MR) is 107 cm³/mol. The van der Waals surface area contributed by atoms with Crippen LogP contribution in [0, 0.1) is 0 Å². The largest absolute Gasteiger partial charge is 0.490 e. The summed E-state index contributed by atoms with van der Waals surface area (Å²) in [6.07, 6.45) is 5.79. The minimum atomic E-state index is -0.0666. The molecule has 0 radical (unpaired) electrons. The maximum atomic E-state index is 12.5. The van der Waals surface area contributed by atoms with Gasteiger partial charge in [0.25, 0.3) is 11.8 Å². The van der Waals surface area contributed by atoms with Gasteiger partial charge in [-0.25, -0.2) is 0 Å². The number of nitrogens with one attached hydrogen (secondary N) is 1. The Morgan fingerprint density at radius 3 is 2.50 bits per heavy atom. The molecule has 1 saturated heterocycles. The summed E-state index contributed by atoms with van der Waals surface area (Å²) in [7, 11) is 0. The molecule has 1 atom stereocenters. The van der Waals surface area contributed by atoms with Crippen LogP contribution in [0.2, 0.25) is 0 Å². The third-order valence-electron chi connectivity index (χ3n) is 5.05. The van der Waals surface area contributed by atoms with Crippen LogP contribution in [-0.2, 0) is 0 Å². The average Bonchev–Trinajstić information content (AvgIpc) is 2.74. The number of carbonyl (C=O) groups is 2. The Kier molecular flexibility index (Phi) is 6.63. The van der Waals surface area contributed by atoms with Gasteiger partial charge < -0.3 is 15.0 Å². The quantitative estimate of drug-likeness (QED) is 0.833. The normalized spacial score (nSPS) is 15.7. The van der Waals surface area contributed by atoms with Gasteiger partial charge in [-0.1, -0.05) is 6.92 Å². The van der Waals surface area contributed by atoms with E-state index in [1.165, 1.54) is 0 Å². The monoisotopic (exact) mass is 381 g/mol. The molecule has 2 aromatic rings. The van der Waals surface area contributed by atoms with Crippen LogP contribution in [0.5, 0.6) is 5.75 Å². The van der Waals surface area contributed by atoms with E-state index in [0.717, 1.165) is 25.0 Å². The summed E-state index contributed by atoms with van der Waals surface area (Å²) in [5, 5.41) is 2.95. The zero-order chi connectivity index (χ0) is 19.9. The van der Waals surface area contributed by atoms with Gasteiger partial charge in [0, 0.05) is 49.9 Å². The average molecular weight is 381 g/mol. The maximum Gasteiger partial charge on any atom is 0.255 e. The van der Waals surface area contributed by atoms with Gasteiger partial charge in [-0.05, 0) is 49.7 Å². The van der Waals surface area contributed by atoms with E-state index in [9.17, 15) is 9.59 Å². The Hall–Kier alpha value is -2.89. The summed E-state index contributed by atoms with van der Waals surface area (Å²) in [4.78, 5) is 30.5.